The molecular weight excluding hydrogens is 292 g/mol. The van der Waals surface area contributed by atoms with Crippen LogP contribution in [0, 0.1) is 6.92 Å². The van der Waals surface area contributed by atoms with Crippen molar-refractivity contribution in [3.05, 3.63) is 34.6 Å². The molecule has 0 bridgehead atoms. The normalized spacial score (nSPS) is 11.3. The highest BCUT2D eigenvalue weighted by atomic mass is 35.5. The Morgan fingerprint density at radius 1 is 1.45 bits per heavy atom. The van der Waals surface area contributed by atoms with Crippen LogP contribution < -0.4 is 5.32 Å². The van der Waals surface area contributed by atoms with E-state index in [1.807, 2.05) is 30.8 Å². The number of nitrogens with zero attached hydrogens (tertiary/aromatic N) is 3. The Labute approximate surface area is 128 Å². The van der Waals surface area contributed by atoms with Crippen LogP contribution in [0.5, 0.6) is 0 Å². The molecule has 2 rings (SSSR count). The highest BCUT2D eigenvalue weighted by Gasteiger charge is 2.16. The molecule has 0 aliphatic heterocycles. The Morgan fingerprint density at radius 2 is 2.20 bits per heavy atom. The van der Waals surface area contributed by atoms with Crippen LogP contribution in [-0.4, -0.2) is 20.8 Å². The second kappa shape index (κ2) is 6.61. The summed E-state index contributed by atoms with van der Waals surface area (Å²) < 4.78 is 1.89. The van der Waals surface area contributed by atoms with Crippen molar-refractivity contribution in [1.82, 2.24) is 20.1 Å². The van der Waals surface area contributed by atoms with E-state index in [1.165, 1.54) is 5.56 Å². The molecule has 0 aliphatic rings. The largest absolute Gasteiger partial charge is 0.310 e. The Kier molecular flexibility index (Phi) is 5.07. The first kappa shape index (κ1) is 15.4. The first-order chi connectivity index (χ1) is 9.49. The van der Waals surface area contributed by atoms with Crippen molar-refractivity contribution in [1.29, 1.82) is 0 Å². The molecule has 0 saturated heterocycles. The third-order valence-corrected chi connectivity index (χ3v) is 4.53. The van der Waals surface area contributed by atoms with Gasteiger partial charge in [-0.2, -0.15) is 5.10 Å². The number of aryl methyl sites for hydroxylation is 2. The number of halogens is 1. The molecule has 0 aliphatic carbocycles. The highest BCUT2D eigenvalue weighted by Crippen LogP contribution is 2.34. The van der Waals surface area contributed by atoms with Gasteiger partial charge in [0.1, 0.15) is 10.1 Å². The molecule has 4 nitrogen and oxygen atoms in total. The minimum atomic E-state index is 0.436. The summed E-state index contributed by atoms with van der Waals surface area (Å²) in [6.07, 6.45) is 1.75. The monoisotopic (exact) mass is 310 g/mol. The van der Waals surface area contributed by atoms with E-state index in [1.54, 1.807) is 18.0 Å². The van der Waals surface area contributed by atoms with E-state index in [4.69, 9.17) is 11.6 Å². The standard InChI is InChI=1S/C14H19ClN4S/c1-9(2)17-8-11-10(3)18-19(4)14(11)20-13-12(15)6-5-7-16-13/h5-7,9,17H,8H2,1-4H3. The lowest BCUT2D eigenvalue weighted by molar-refractivity contribution is 0.580. The first-order valence-electron chi connectivity index (χ1n) is 6.53. The fourth-order valence-corrected chi connectivity index (χ4v) is 3.07. The molecule has 6 heteroatoms. The lowest BCUT2D eigenvalue weighted by atomic mass is 10.2. The summed E-state index contributed by atoms with van der Waals surface area (Å²) in [6, 6.07) is 4.12. The maximum atomic E-state index is 6.18. The van der Waals surface area contributed by atoms with Crippen molar-refractivity contribution in [2.75, 3.05) is 0 Å². The molecule has 108 valence electrons. The van der Waals surface area contributed by atoms with Gasteiger partial charge in [0, 0.05) is 31.4 Å². The summed E-state index contributed by atoms with van der Waals surface area (Å²) in [7, 11) is 1.95. The van der Waals surface area contributed by atoms with Crippen LogP contribution in [0.2, 0.25) is 5.02 Å². The molecule has 0 radical (unpaired) electrons. The molecule has 0 spiro atoms. The lowest BCUT2D eigenvalue weighted by Crippen LogP contribution is -2.22. The minimum Gasteiger partial charge on any atom is -0.310 e. The van der Waals surface area contributed by atoms with Gasteiger partial charge in [0.15, 0.2) is 0 Å². The molecule has 0 amide bonds. The van der Waals surface area contributed by atoms with Crippen molar-refractivity contribution in [3.8, 4) is 0 Å². The Bertz CT molecular complexity index is 595. The van der Waals surface area contributed by atoms with Crippen LogP contribution in [-0.2, 0) is 13.6 Å². The Hall–Kier alpha value is -1.04. The molecule has 0 unspecified atom stereocenters. The summed E-state index contributed by atoms with van der Waals surface area (Å²) in [5, 5.41) is 10.5. The molecular formula is C14H19ClN4S. The van der Waals surface area contributed by atoms with Gasteiger partial charge in [0.25, 0.3) is 0 Å². The van der Waals surface area contributed by atoms with E-state index in [9.17, 15) is 0 Å². The topological polar surface area (TPSA) is 42.7 Å². The smallest absolute Gasteiger partial charge is 0.121 e. The number of nitrogens with one attached hydrogen (secondary N) is 1. The predicted molar refractivity (Wildman–Crippen MR) is 83.3 cm³/mol. The zero-order chi connectivity index (χ0) is 14.7. The van der Waals surface area contributed by atoms with Crippen molar-refractivity contribution < 1.29 is 0 Å². The summed E-state index contributed by atoms with van der Waals surface area (Å²) in [5.41, 5.74) is 2.24. The summed E-state index contributed by atoms with van der Waals surface area (Å²) in [4.78, 5) is 4.33. The molecule has 20 heavy (non-hydrogen) atoms. The quantitative estimate of drug-likeness (QED) is 0.919. The van der Waals surface area contributed by atoms with Crippen LogP contribution in [0.25, 0.3) is 0 Å². The average Bonchev–Trinajstić information content (AvgIpc) is 2.64. The predicted octanol–water partition coefficient (Wildman–Crippen LogP) is 3.43. The van der Waals surface area contributed by atoms with E-state index in [0.717, 1.165) is 22.3 Å². The van der Waals surface area contributed by atoms with Gasteiger partial charge in [0.2, 0.25) is 0 Å². The molecule has 2 heterocycles. The molecule has 0 fully saturated rings. The number of aromatic nitrogens is 3. The lowest BCUT2D eigenvalue weighted by Gasteiger charge is -2.10. The van der Waals surface area contributed by atoms with E-state index >= 15 is 0 Å². The van der Waals surface area contributed by atoms with Gasteiger partial charge in [-0.05, 0) is 30.8 Å². The summed E-state index contributed by atoms with van der Waals surface area (Å²) in [6.45, 7) is 7.09. The third-order valence-electron chi connectivity index (χ3n) is 2.89. The number of rotatable bonds is 5. The highest BCUT2D eigenvalue weighted by molar-refractivity contribution is 7.99. The fourth-order valence-electron chi connectivity index (χ4n) is 1.86. The van der Waals surface area contributed by atoms with E-state index < -0.39 is 0 Å². The summed E-state index contributed by atoms with van der Waals surface area (Å²) >= 11 is 7.74. The average molecular weight is 311 g/mol. The van der Waals surface area contributed by atoms with Gasteiger partial charge >= 0.3 is 0 Å². The second-order valence-electron chi connectivity index (χ2n) is 4.92. The SMILES string of the molecule is Cc1nn(C)c(Sc2ncccc2Cl)c1CNC(C)C. The number of pyridine rings is 1. The minimum absolute atomic E-state index is 0.436. The van der Waals surface area contributed by atoms with Crippen molar-refractivity contribution in [2.24, 2.45) is 7.05 Å². The van der Waals surface area contributed by atoms with Gasteiger partial charge < -0.3 is 5.32 Å². The third kappa shape index (κ3) is 3.53. The molecule has 0 saturated carbocycles. The first-order valence-corrected chi connectivity index (χ1v) is 7.72. The molecule has 0 atom stereocenters. The van der Waals surface area contributed by atoms with Crippen LogP contribution in [0.15, 0.2) is 28.4 Å². The van der Waals surface area contributed by atoms with Gasteiger partial charge in [-0.25, -0.2) is 4.98 Å². The van der Waals surface area contributed by atoms with Crippen molar-refractivity contribution in [2.45, 2.75) is 43.4 Å². The van der Waals surface area contributed by atoms with Crippen LogP contribution in [0.3, 0.4) is 0 Å². The molecule has 2 aromatic rings. The van der Waals surface area contributed by atoms with E-state index in [-0.39, 0.29) is 0 Å². The van der Waals surface area contributed by atoms with Crippen LogP contribution in [0.1, 0.15) is 25.1 Å². The maximum Gasteiger partial charge on any atom is 0.121 e. The van der Waals surface area contributed by atoms with Gasteiger partial charge in [-0.3, -0.25) is 4.68 Å². The maximum absolute atomic E-state index is 6.18. The van der Waals surface area contributed by atoms with Gasteiger partial charge in [-0.15, -0.1) is 0 Å². The second-order valence-corrected chi connectivity index (χ2v) is 6.31. The van der Waals surface area contributed by atoms with Gasteiger partial charge in [0.05, 0.1) is 10.7 Å². The number of hydrogen-bond donors (Lipinski definition) is 1. The Balaban J connectivity index is 2.29. The van der Waals surface area contributed by atoms with Crippen LogP contribution in [0.4, 0.5) is 0 Å². The Morgan fingerprint density at radius 3 is 2.85 bits per heavy atom. The summed E-state index contributed by atoms with van der Waals surface area (Å²) in [5.74, 6) is 0. The van der Waals surface area contributed by atoms with Crippen molar-refractivity contribution in [3.63, 3.8) is 0 Å². The van der Waals surface area contributed by atoms with E-state index in [2.05, 4.69) is 29.2 Å². The van der Waals surface area contributed by atoms with E-state index in [0.29, 0.717) is 11.1 Å². The molecule has 2 aromatic heterocycles. The molecule has 1 N–H and O–H groups in total. The molecule has 0 aromatic carbocycles. The number of hydrogen-bond acceptors (Lipinski definition) is 4. The fraction of sp³-hybridized carbons (Fsp3) is 0.429. The van der Waals surface area contributed by atoms with Gasteiger partial charge in [-0.1, -0.05) is 25.4 Å². The zero-order valence-corrected chi connectivity index (χ0v) is 13.7. The zero-order valence-electron chi connectivity index (χ0n) is 12.1. The van der Waals surface area contributed by atoms with Crippen molar-refractivity contribution >= 4 is 23.4 Å². The van der Waals surface area contributed by atoms with Crippen LogP contribution >= 0.6 is 23.4 Å².